The van der Waals surface area contributed by atoms with Crippen LogP contribution in [0.2, 0.25) is 0 Å². The summed E-state index contributed by atoms with van der Waals surface area (Å²) in [7, 11) is 0. The first-order valence-electron chi connectivity index (χ1n) is 5.23. The number of nitrogen functional groups attached to an aromatic ring is 1. The van der Waals surface area contributed by atoms with Crippen LogP contribution in [0, 0.1) is 0 Å². The molecule has 0 radical (unpaired) electrons. The number of nitrogens with two attached hydrogens (primary N) is 1. The summed E-state index contributed by atoms with van der Waals surface area (Å²) >= 11 is 7.09. The molecule has 3 heteroatoms. The molecular formula is C14H9Br2N. The highest BCUT2D eigenvalue weighted by molar-refractivity contribution is 9.11. The van der Waals surface area contributed by atoms with Crippen LogP contribution < -0.4 is 5.73 Å². The highest BCUT2D eigenvalue weighted by atomic mass is 79.9. The number of halogens is 2. The van der Waals surface area contributed by atoms with Gasteiger partial charge >= 0.3 is 0 Å². The maximum absolute atomic E-state index is 6.17. The molecule has 17 heavy (non-hydrogen) atoms. The number of hydrogen-bond acceptors (Lipinski definition) is 1. The van der Waals surface area contributed by atoms with Gasteiger partial charge in [0.2, 0.25) is 0 Å². The summed E-state index contributed by atoms with van der Waals surface area (Å²) in [5, 5.41) is 4.62. The number of anilines is 1. The number of fused-ring (bicyclic) bond motifs is 3. The van der Waals surface area contributed by atoms with E-state index in [-0.39, 0.29) is 0 Å². The largest absolute Gasteiger partial charge is 0.397 e. The van der Waals surface area contributed by atoms with Crippen LogP contribution in [-0.4, -0.2) is 0 Å². The lowest BCUT2D eigenvalue weighted by Crippen LogP contribution is -1.91. The molecule has 0 fully saturated rings. The molecule has 0 aliphatic rings. The van der Waals surface area contributed by atoms with Gasteiger partial charge in [-0.25, -0.2) is 0 Å². The van der Waals surface area contributed by atoms with Crippen LogP contribution in [-0.2, 0) is 0 Å². The van der Waals surface area contributed by atoms with E-state index in [1.54, 1.807) is 0 Å². The van der Waals surface area contributed by atoms with Crippen molar-refractivity contribution in [2.75, 3.05) is 5.73 Å². The Kier molecular flexibility index (Phi) is 2.60. The van der Waals surface area contributed by atoms with Gasteiger partial charge in [0.05, 0.1) is 5.69 Å². The third-order valence-corrected chi connectivity index (χ3v) is 4.31. The van der Waals surface area contributed by atoms with E-state index >= 15 is 0 Å². The summed E-state index contributed by atoms with van der Waals surface area (Å²) in [5.74, 6) is 0. The summed E-state index contributed by atoms with van der Waals surface area (Å²) in [6.07, 6.45) is 0. The second kappa shape index (κ2) is 4.00. The molecule has 2 N–H and O–H groups in total. The zero-order valence-electron chi connectivity index (χ0n) is 8.87. The molecule has 3 rings (SSSR count). The number of hydrogen-bond donors (Lipinski definition) is 1. The first kappa shape index (κ1) is 11.1. The van der Waals surface area contributed by atoms with Gasteiger partial charge in [-0.2, -0.15) is 0 Å². The van der Waals surface area contributed by atoms with E-state index in [1.165, 1.54) is 10.8 Å². The molecule has 0 heterocycles. The van der Waals surface area contributed by atoms with Crippen molar-refractivity contribution in [3.8, 4) is 0 Å². The average Bonchev–Trinajstić information content (AvgIpc) is 2.36. The second-order valence-electron chi connectivity index (χ2n) is 3.96. The lowest BCUT2D eigenvalue weighted by Gasteiger charge is -2.10. The summed E-state index contributed by atoms with van der Waals surface area (Å²) in [6, 6.07) is 14.4. The lowest BCUT2D eigenvalue weighted by molar-refractivity contribution is 1.69. The molecular weight excluding hydrogens is 342 g/mol. The monoisotopic (exact) mass is 349 g/mol. The van der Waals surface area contributed by atoms with Crippen molar-refractivity contribution in [2.24, 2.45) is 0 Å². The standard InChI is InChI=1S/C14H9Br2N/c15-8-5-6-11-12(7-8)9-3-1-2-4-10(9)13(16)14(11)17/h1-7H,17H2. The summed E-state index contributed by atoms with van der Waals surface area (Å²) in [5.41, 5.74) is 6.97. The van der Waals surface area contributed by atoms with E-state index in [2.05, 4.69) is 50.1 Å². The highest BCUT2D eigenvalue weighted by Crippen LogP contribution is 2.38. The second-order valence-corrected chi connectivity index (χ2v) is 5.67. The molecule has 0 aromatic heterocycles. The Bertz CT molecular complexity index is 735. The van der Waals surface area contributed by atoms with Crippen molar-refractivity contribution in [2.45, 2.75) is 0 Å². The van der Waals surface area contributed by atoms with E-state index in [4.69, 9.17) is 5.73 Å². The molecule has 3 aromatic rings. The lowest BCUT2D eigenvalue weighted by atomic mass is 10.0. The van der Waals surface area contributed by atoms with Gasteiger partial charge in [0.15, 0.2) is 0 Å². The Morgan fingerprint density at radius 1 is 0.765 bits per heavy atom. The first-order chi connectivity index (χ1) is 8.18. The van der Waals surface area contributed by atoms with Gasteiger partial charge < -0.3 is 5.73 Å². The average molecular weight is 351 g/mol. The van der Waals surface area contributed by atoms with Gasteiger partial charge in [-0.15, -0.1) is 0 Å². The summed E-state index contributed by atoms with van der Waals surface area (Å²) in [6.45, 7) is 0. The number of rotatable bonds is 0. The maximum atomic E-state index is 6.17. The van der Waals surface area contributed by atoms with Crippen LogP contribution in [0.15, 0.2) is 51.4 Å². The molecule has 0 aliphatic heterocycles. The van der Waals surface area contributed by atoms with Crippen LogP contribution in [0.3, 0.4) is 0 Å². The smallest absolute Gasteiger partial charge is 0.0544 e. The molecule has 0 unspecified atom stereocenters. The molecule has 1 nitrogen and oxygen atoms in total. The normalized spacial score (nSPS) is 11.2. The summed E-state index contributed by atoms with van der Waals surface area (Å²) < 4.78 is 2.04. The third-order valence-electron chi connectivity index (χ3n) is 2.96. The predicted octanol–water partition coefficient (Wildman–Crippen LogP) is 5.10. The maximum Gasteiger partial charge on any atom is 0.0544 e. The van der Waals surface area contributed by atoms with E-state index in [1.807, 2.05) is 24.3 Å². The summed E-state index contributed by atoms with van der Waals surface area (Å²) in [4.78, 5) is 0. The Labute approximate surface area is 116 Å². The first-order valence-corrected chi connectivity index (χ1v) is 6.82. The van der Waals surface area contributed by atoms with Crippen LogP contribution in [0.25, 0.3) is 21.5 Å². The van der Waals surface area contributed by atoms with Gasteiger partial charge in [0, 0.05) is 14.3 Å². The fourth-order valence-corrected chi connectivity index (χ4v) is 3.07. The SMILES string of the molecule is Nc1c(Br)c2ccccc2c2cc(Br)ccc12. The quantitative estimate of drug-likeness (QED) is 0.443. The molecule has 0 saturated carbocycles. The van der Waals surface area contributed by atoms with Crippen molar-refractivity contribution >= 4 is 59.1 Å². The fraction of sp³-hybridized carbons (Fsp3) is 0. The van der Waals surface area contributed by atoms with Crippen LogP contribution in [0.4, 0.5) is 5.69 Å². The topological polar surface area (TPSA) is 26.0 Å². The van der Waals surface area contributed by atoms with Crippen LogP contribution >= 0.6 is 31.9 Å². The van der Waals surface area contributed by atoms with E-state index in [0.29, 0.717) is 0 Å². The van der Waals surface area contributed by atoms with Gasteiger partial charge in [-0.3, -0.25) is 0 Å². The molecule has 0 bridgehead atoms. The third kappa shape index (κ3) is 1.65. The Balaban J connectivity index is 2.66. The van der Waals surface area contributed by atoms with E-state index < -0.39 is 0 Å². The molecule has 3 aromatic carbocycles. The fourth-order valence-electron chi connectivity index (χ4n) is 2.15. The highest BCUT2D eigenvalue weighted by Gasteiger charge is 2.09. The van der Waals surface area contributed by atoms with Gasteiger partial charge in [0.25, 0.3) is 0 Å². The molecule has 0 aliphatic carbocycles. The molecule has 84 valence electrons. The van der Waals surface area contributed by atoms with Gasteiger partial charge in [-0.05, 0) is 44.2 Å². The van der Waals surface area contributed by atoms with Crippen molar-refractivity contribution < 1.29 is 0 Å². The van der Waals surface area contributed by atoms with Gasteiger partial charge in [-0.1, -0.05) is 46.3 Å². The Morgan fingerprint density at radius 2 is 1.47 bits per heavy atom. The minimum atomic E-state index is 0.797. The van der Waals surface area contributed by atoms with E-state index in [0.717, 1.165) is 25.4 Å². The minimum absolute atomic E-state index is 0.797. The van der Waals surface area contributed by atoms with Crippen molar-refractivity contribution in [1.29, 1.82) is 0 Å². The Hall–Kier alpha value is -1.06. The zero-order valence-corrected chi connectivity index (χ0v) is 12.0. The van der Waals surface area contributed by atoms with Crippen LogP contribution in [0.1, 0.15) is 0 Å². The Morgan fingerprint density at radius 3 is 2.24 bits per heavy atom. The van der Waals surface area contributed by atoms with Crippen LogP contribution in [0.5, 0.6) is 0 Å². The van der Waals surface area contributed by atoms with Gasteiger partial charge in [0.1, 0.15) is 0 Å². The molecule has 0 amide bonds. The molecule has 0 saturated heterocycles. The van der Waals surface area contributed by atoms with Crippen molar-refractivity contribution in [1.82, 2.24) is 0 Å². The molecule has 0 spiro atoms. The minimum Gasteiger partial charge on any atom is -0.397 e. The predicted molar refractivity (Wildman–Crippen MR) is 81.3 cm³/mol. The number of benzene rings is 3. The van der Waals surface area contributed by atoms with Crippen molar-refractivity contribution in [3.05, 3.63) is 51.4 Å². The zero-order chi connectivity index (χ0) is 12.0. The molecule has 0 atom stereocenters. The van der Waals surface area contributed by atoms with Crippen molar-refractivity contribution in [3.63, 3.8) is 0 Å². The van der Waals surface area contributed by atoms with E-state index in [9.17, 15) is 0 Å².